The van der Waals surface area contributed by atoms with Crippen molar-refractivity contribution in [2.24, 2.45) is 0 Å². The first-order valence-electron chi connectivity index (χ1n) is 7.88. The molecule has 0 aliphatic rings. The lowest BCUT2D eigenvalue weighted by Crippen LogP contribution is -2.06. The summed E-state index contributed by atoms with van der Waals surface area (Å²) in [6, 6.07) is 13.1. The number of hydrogen-bond donors (Lipinski definition) is 3. The molecule has 3 rings (SSSR count). The van der Waals surface area contributed by atoms with Gasteiger partial charge in [0.15, 0.2) is 0 Å². The highest BCUT2D eigenvalue weighted by Crippen LogP contribution is 2.33. The van der Waals surface area contributed by atoms with E-state index in [0.29, 0.717) is 11.4 Å². The van der Waals surface area contributed by atoms with Crippen LogP contribution in [0.2, 0.25) is 0 Å². The number of nitrogens with one attached hydrogen (secondary N) is 2. The number of benzene rings is 2. The summed E-state index contributed by atoms with van der Waals surface area (Å²) in [6.45, 7) is 1.87. The summed E-state index contributed by atoms with van der Waals surface area (Å²) in [4.78, 5) is 29.9. The van der Waals surface area contributed by atoms with Gasteiger partial charge in [0.25, 0.3) is 0 Å². The summed E-state index contributed by atoms with van der Waals surface area (Å²) < 4.78 is 0. The van der Waals surface area contributed by atoms with Gasteiger partial charge in [0, 0.05) is 11.4 Å². The summed E-state index contributed by atoms with van der Waals surface area (Å²) in [5, 5.41) is 26.4. The monoisotopic (exact) mass is 365 g/mol. The molecule has 27 heavy (non-hydrogen) atoms. The lowest BCUT2D eigenvalue weighted by molar-refractivity contribution is -0.383. The number of aromatic nitrogens is 2. The Hall–Kier alpha value is -4.01. The lowest BCUT2D eigenvalue weighted by Gasteiger charge is -2.11. The molecule has 3 aromatic rings. The third-order valence-electron chi connectivity index (χ3n) is 3.80. The van der Waals surface area contributed by atoms with Crippen molar-refractivity contribution in [2.75, 3.05) is 10.6 Å². The number of aromatic carboxylic acids is 1. The molecule has 0 unspecified atom stereocenters. The number of anilines is 4. The highest BCUT2D eigenvalue weighted by Gasteiger charge is 2.23. The van der Waals surface area contributed by atoms with Crippen molar-refractivity contribution in [3.8, 4) is 0 Å². The molecule has 136 valence electrons. The summed E-state index contributed by atoms with van der Waals surface area (Å²) >= 11 is 0. The number of carboxylic acids is 1. The molecular weight excluding hydrogens is 350 g/mol. The van der Waals surface area contributed by atoms with Crippen LogP contribution in [0.25, 0.3) is 0 Å². The van der Waals surface area contributed by atoms with Gasteiger partial charge in [-0.25, -0.2) is 14.8 Å². The van der Waals surface area contributed by atoms with Crippen molar-refractivity contribution in [3.63, 3.8) is 0 Å². The number of nitro groups is 1. The second kappa shape index (κ2) is 7.48. The van der Waals surface area contributed by atoms with Crippen molar-refractivity contribution in [3.05, 3.63) is 76.1 Å². The molecule has 0 fully saturated rings. The third-order valence-corrected chi connectivity index (χ3v) is 3.80. The summed E-state index contributed by atoms with van der Waals surface area (Å²) in [5.41, 5.74) is 1.85. The molecule has 0 saturated carbocycles. The number of hydrogen-bond acceptors (Lipinski definition) is 7. The van der Waals surface area contributed by atoms with Crippen LogP contribution in [0.4, 0.5) is 28.7 Å². The molecule has 0 atom stereocenters. The van der Waals surface area contributed by atoms with Crippen LogP contribution in [0.1, 0.15) is 15.9 Å². The quantitative estimate of drug-likeness (QED) is 0.443. The van der Waals surface area contributed by atoms with Crippen molar-refractivity contribution in [1.82, 2.24) is 9.97 Å². The molecule has 0 aliphatic heterocycles. The first-order valence-corrected chi connectivity index (χ1v) is 7.88. The van der Waals surface area contributed by atoms with E-state index >= 15 is 0 Å². The molecule has 3 N–H and O–H groups in total. The summed E-state index contributed by atoms with van der Waals surface area (Å²) in [5.74, 6) is -1.01. The molecule has 0 spiro atoms. The molecule has 0 bridgehead atoms. The van der Waals surface area contributed by atoms with Gasteiger partial charge in [0.1, 0.15) is 6.33 Å². The lowest BCUT2D eigenvalue weighted by atomic mass is 10.2. The number of nitrogens with zero attached hydrogens (tertiary/aromatic N) is 3. The highest BCUT2D eigenvalue weighted by molar-refractivity contribution is 5.88. The van der Waals surface area contributed by atoms with E-state index in [-0.39, 0.29) is 22.9 Å². The van der Waals surface area contributed by atoms with Gasteiger partial charge in [-0.05, 0) is 42.8 Å². The van der Waals surface area contributed by atoms with E-state index in [1.807, 2.05) is 25.1 Å². The Kier molecular flexibility index (Phi) is 4.93. The molecule has 9 heteroatoms. The van der Waals surface area contributed by atoms with Gasteiger partial charge in [-0.2, -0.15) is 0 Å². The molecule has 0 radical (unpaired) electrons. The van der Waals surface area contributed by atoms with E-state index in [0.717, 1.165) is 5.56 Å². The number of aryl methyl sites for hydroxylation is 1. The molecule has 2 aromatic carbocycles. The van der Waals surface area contributed by atoms with Gasteiger partial charge in [-0.15, -0.1) is 0 Å². The Morgan fingerprint density at radius 3 is 2.26 bits per heavy atom. The number of para-hydroxylation sites is 1. The molecular formula is C18H15N5O4. The summed E-state index contributed by atoms with van der Waals surface area (Å²) in [6.07, 6.45) is 1.21. The van der Waals surface area contributed by atoms with Gasteiger partial charge < -0.3 is 15.7 Å². The Morgan fingerprint density at radius 2 is 1.67 bits per heavy atom. The fourth-order valence-corrected chi connectivity index (χ4v) is 2.41. The van der Waals surface area contributed by atoms with E-state index in [4.69, 9.17) is 5.11 Å². The minimum absolute atomic E-state index is 0.00541. The largest absolute Gasteiger partial charge is 0.478 e. The predicted octanol–water partition coefficient (Wildman–Crippen LogP) is 3.88. The van der Waals surface area contributed by atoms with Crippen LogP contribution in [-0.2, 0) is 0 Å². The Bertz CT molecular complexity index is 1000. The third kappa shape index (κ3) is 3.98. The van der Waals surface area contributed by atoms with E-state index < -0.39 is 10.9 Å². The van der Waals surface area contributed by atoms with E-state index in [1.165, 1.54) is 30.6 Å². The molecule has 1 heterocycles. The topological polar surface area (TPSA) is 130 Å². The van der Waals surface area contributed by atoms with Crippen molar-refractivity contribution in [2.45, 2.75) is 6.92 Å². The highest BCUT2D eigenvalue weighted by atomic mass is 16.6. The zero-order chi connectivity index (χ0) is 19.4. The maximum atomic E-state index is 11.6. The standard InChI is InChI=1S/C18H15N5O4/c1-11-4-2-3-5-14(11)22-17-15(23(26)27)16(19-10-20-17)21-13-8-6-12(7-9-13)18(24)25/h2-10H,1H3,(H,24,25)(H2,19,20,21,22). The average Bonchev–Trinajstić information content (AvgIpc) is 2.64. The second-order valence-electron chi connectivity index (χ2n) is 5.62. The average molecular weight is 365 g/mol. The fraction of sp³-hybridized carbons (Fsp3) is 0.0556. The smallest absolute Gasteiger partial charge is 0.353 e. The Labute approximate surface area is 153 Å². The van der Waals surface area contributed by atoms with Crippen LogP contribution in [0, 0.1) is 17.0 Å². The van der Waals surface area contributed by atoms with Crippen molar-refractivity contribution in [1.29, 1.82) is 0 Å². The maximum absolute atomic E-state index is 11.6. The van der Waals surface area contributed by atoms with Crippen LogP contribution < -0.4 is 10.6 Å². The van der Waals surface area contributed by atoms with Crippen molar-refractivity contribution >= 4 is 34.7 Å². The van der Waals surface area contributed by atoms with Crippen LogP contribution in [0.5, 0.6) is 0 Å². The Balaban J connectivity index is 1.95. The van der Waals surface area contributed by atoms with Gasteiger partial charge in [0.2, 0.25) is 11.6 Å². The van der Waals surface area contributed by atoms with E-state index in [2.05, 4.69) is 20.6 Å². The normalized spacial score (nSPS) is 10.3. The molecule has 0 saturated heterocycles. The molecule has 9 nitrogen and oxygen atoms in total. The van der Waals surface area contributed by atoms with Gasteiger partial charge in [0.05, 0.1) is 10.5 Å². The number of carboxylic acid groups (broad SMARTS) is 1. The Morgan fingerprint density at radius 1 is 1.04 bits per heavy atom. The zero-order valence-electron chi connectivity index (χ0n) is 14.2. The minimum atomic E-state index is -1.06. The van der Waals surface area contributed by atoms with Gasteiger partial charge in [-0.3, -0.25) is 10.1 Å². The SMILES string of the molecule is Cc1ccccc1Nc1ncnc(Nc2ccc(C(=O)O)cc2)c1[N+](=O)[O-]. The van der Waals surface area contributed by atoms with Gasteiger partial charge >= 0.3 is 11.7 Å². The minimum Gasteiger partial charge on any atom is -0.478 e. The second-order valence-corrected chi connectivity index (χ2v) is 5.62. The summed E-state index contributed by atoms with van der Waals surface area (Å²) in [7, 11) is 0. The van der Waals surface area contributed by atoms with Crippen LogP contribution in [-0.4, -0.2) is 26.0 Å². The van der Waals surface area contributed by atoms with Crippen molar-refractivity contribution < 1.29 is 14.8 Å². The fourth-order valence-electron chi connectivity index (χ4n) is 2.41. The molecule has 0 amide bonds. The number of rotatable bonds is 6. The van der Waals surface area contributed by atoms with Crippen LogP contribution in [0.3, 0.4) is 0 Å². The maximum Gasteiger partial charge on any atom is 0.353 e. The number of carbonyl (C=O) groups is 1. The molecule has 1 aromatic heterocycles. The van der Waals surface area contributed by atoms with Gasteiger partial charge in [-0.1, -0.05) is 18.2 Å². The van der Waals surface area contributed by atoms with Crippen LogP contribution in [0.15, 0.2) is 54.9 Å². The first-order chi connectivity index (χ1) is 13.0. The first kappa shape index (κ1) is 17.8. The van der Waals surface area contributed by atoms with E-state index in [1.54, 1.807) is 6.07 Å². The molecule has 0 aliphatic carbocycles. The van der Waals surface area contributed by atoms with E-state index in [9.17, 15) is 14.9 Å². The van der Waals surface area contributed by atoms with Crippen LogP contribution >= 0.6 is 0 Å². The zero-order valence-corrected chi connectivity index (χ0v) is 14.2. The predicted molar refractivity (Wildman–Crippen MR) is 99.8 cm³/mol.